The van der Waals surface area contributed by atoms with Gasteiger partial charge in [0.1, 0.15) is 17.9 Å². The number of hydrogen-bond donors (Lipinski definition) is 2. The normalized spacial score (nSPS) is 17.0. The highest BCUT2D eigenvalue weighted by Gasteiger charge is 2.49. The summed E-state index contributed by atoms with van der Waals surface area (Å²) >= 11 is 0. The number of benzene rings is 1. The van der Waals surface area contributed by atoms with Gasteiger partial charge in [0, 0.05) is 6.07 Å². The number of nitrogens with two attached hydrogens (primary N) is 1. The number of rotatable bonds is 7. The van der Waals surface area contributed by atoms with Gasteiger partial charge in [0.05, 0.1) is 11.0 Å². The molecule has 0 bridgehead atoms. The summed E-state index contributed by atoms with van der Waals surface area (Å²) in [5.74, 6) is 0.0836. The summed E-state index contributed by atoms with van der Waals surface area (Å²) in [6, 6.07) is 4.40. The van der Waals surface area contributed by atoms with Crippen molar-refractivity contribution in [2.45, 2.75) is 25.3 Å². The second-order valence-electron chi connectivity index (χ2n) is 5.36. The molecule has 0 radical (unpaired) electrons. The van der Waals surface area contributed by atoms with Gasteiger partial charge in [-0.15, -0.1) is 0 Å². The summed E-state index contributed by atoms with van der Waals surface area (Å²) in [7, 11) is 1.67. The number of nitro benzene ring substituents is 1. The van der Waals surface area contributed by atoms with Crippen LogP contribution in [0.2, 0.25) is 0 Å². The second-order valence-corrected chi connectivity index (χ2v) is 5.36. The lowest BCUT2D eigenvalue weighted by Crippen LogP contribution is -2.59. The molecule has 7 heteroatoms. The second kappa shape index (κ2) is 5.69. The van der Waals surface area contributed by atoms with E-state index in [0.29, 0.717) is 5.75 Å². The van der Waals surface area contributed by atoms with E-state index in [1.165, 1.54) is 12.1 Å². The smallest absolute Gasteiger partial charge is 0.273 e. The van der Waals surface area contributed by atoms with Crippen LogP contribution in [0, 0.1) is 23.0 Å². The van der Waals surface area contributed by atoms with Crippen LogP contribution in [0.3, 0.4) is 0 Å². The Morgan fingerprint density at radius 1 is 1.57 bits per heavy atom. The zero-order valence-corrected chi connectivity index (χ0v) is 12.1. The van der Waals surface area contributed by atoms with Crippen LogP contribution in [0.25, 0.3) is 0 Å². The lowest BCUT2D eigenvalue weighted by Gasteiger charge is -2.30. The van der Waals surface area contributed by atoms with E-state index in [-0.39, 0.29) is 18.2 Å². The molecule has 114 valence electrons. The number of aryl methyl sites for hydroxylation is 1. The summed E-state index contributed by atoms with van der Waals surface area (Å²) < 4.78 is 5.68. The van der Waals surface area contributed by atoms with E-state index in [0.717, 1.165) is 18.4 Å². The molecule has 0 saturated heterocycles. The van der Waals surface area contributed by atoms with Crippen molar-refractivity contribution in [1.29, 1.82) is 0 Å². The zero-order valence-electron chi connectivity index (χ0n) is 12.1. The fourth-order valence-electron chi connectivity index (χ4n) is 2.42. The summed E-state index contributed by atoms with van der Waals surface area (Å²) in [6.45, 7) is 1.85. The van der Waals surface area contributed by atoms with Crippen molar-refractivity contribution >= 4 is 11.6 Å². The number of nitrogens with zero attached hydrogens (tertiary/aromatic N) is 1. The quantitative estimate of drug-likeness (QED) is 0.579. The molecule has 1 saturated carbocycles. The Kier molecular flexibility index (Phi) is 4.13. The number of likely N-dealkylation sites (N-methyl/N-ethyl adjacent to an activating group) is 1. The Morgan fingerprint density at radius 3 is 2.71 bits per heavy atom. The molecule has 0 aliphatic heterocycles. The molecule has 3 N–H and O–H groups in total. The van der Waals surface area contributed by atoms with Crippen LogP contribution in [0.1, 0.15) is 18.4 Å². The lowest BCUT2D eigenvalue weighted by atomic mass is 9.93. The number of hydrogen-bond acceptors (Lipinski definition) is 5. The minimum atomic E-state index is -0.920. The third kappa shape index (κ3) is 2.97. The number of primary amides is 1. The molecule has 0 aromatic heterocycles. The Morgan fingerprint density at radius 2 is 2.24 bits per heavy atom. The van der Waals surface area contributed by atoms with Crippen molar-refractivity contribution in [3.8, 4) is 5.75 Å². The molecule has 0 heterocycles. The fourth-order valence-corrected chi connectivity index (χ4v) is 2.42. The molecule has 7 nitrogen and oxygen atoms in total. The molecular formula is C14H19N3O4. The summed E-state index contributed by atoms with van der Waals surface area (Å²) in [4.78, 5) is 22.1. The average molecular weight is 293 g/mol. The minimum Gasteiger partial charge on any atom is -0.491 e. The highest BCUT2D eigenvalue weighted by molar-refractivity contribution is 5.85. The van der Waals surface area contributed by atoms with Crippen LogP contribution >= 0.6 is 0 Å². The van der Waals surface area contributed by atoms with Crippen LogP contribution in [0.15, 0.2) is 18.2 Å². The first kappa shape index (κ1) is 15.2. The van der Waals surface area contributed by atoms with Gasteiger partial charge in [-0.2, -0.15) is 0 Å². The largest absolute Gasteiger partial charge is 0.491 e. The van der Waals surface area contributed by atoms with Crippen molar-refractivity contribution in [2.75, 3.05) is 13.7 Å². The third-order valence-electron chi connectivity index (χ3n) is 4.00. The fraction of sp³-hybridized carbons (Fsp3) is 0.500. The molecule has 0 spiro atoms. The van der Waals surface area contributed by atoms with Crippen LogP contribution in [-0.4, -0.2) is 30.0 Å². The van der Waals surface area contributed by atoms with Crippen molar-refractivity contribution in [2.24, 2.45) is 11.7 Å². The van der Waals surface area contributed by atoms with E-state index < -0.39 is 16.4 Å². The van der Waals surface area contributed by atoms with Crippen molar-refractivity contribution in [1.82, 2.24) is 5.32 Å². The molecule has 1 unspecified atom stereocenters. The van der Waals surface area contributed by atoms with Crippen LogP contribution in [0.4, 0.5) is 5.69 Å². The first-order chi connectivity index (χ1) is 9.90. The molecule has 1 atom stereocenters. The van der Waals surface area contributed by atoms with E-state index in [4.69, 9.17) is 10.5 Å². The molecular weight excluding hydrogens is 274 g/mol. The van der Waals surface area contributed by atoms with Crippen LogP contribution in [-0.2, 0) is 4.79 Å². The van der Waals surface area contributed by atoms with Crippen molar-refractivity contribution < 1.29 is 14.5 Å². The maximum absolute atomic E-state index is 11.8. The van der Waals surface area contributed by atoms with Gasteiger partial charge in [0.2, 0.25) is 5.91 Å². The van der Waals surface area contributed by atoms with E-state index >= 15 is 0 Å². The van der Waals surface area contributed by atoms with Gasteiger partial charge in [-0.05, 0) is 44.4 Å². The van der Waals surface area contributed by atoms with E-state index in [2.05, 4.69) is 5.32 Å². The molecule has 1 aromatic carbocycles. The lowest BCUT2D eigenvalue weighted by molar-refractivity contribution is -0.385. The SMILES string of the molecule is CNC(COc1cc([N+](=O)[O-])ccc1C)(C(N)=O)C1CC1. The Labute approximate surface area is 122 Å². The van der Waals surface area contributed by atoms with Crippen LogP contribution < -0.4 is 15.8 Å². The number of nitro groups is 1. The number of ether oxygens (including phenoxy) is 1. The predicted octanol–water partition coefficient (Wildman–Crippen LogP) is 1.14. The topological polar surface area (TPSA) is 107 Å². The average Bonchev–Trinajstić information content (AvgIpc) is 3.26. The Hall–Kier alpha value is -2.15. The summed E-state index contributed by atoms with van der Waals surface area (Å²) in [6.07, 6.45) is 1.84. The van der Waals surface area contributed by atoms with Gasteiger partial charge >= 0.3 is 0 Å². The van der Waals surface area contributed by atoms with Gasteiger partial charge in [-0.3, -0.25) is 14.9 Å². The highest BCUT2D eigenvalue weighted by atomic mass is 16.6. The van der Waals surface area contributed by atoms with Crippen LogP contribution in [0.5, 0.6) is 5.75 Å². The molecule has 1 amide bonds. The number of non-ortho nitro benzene ring substituents is 1. The van der Waals surface area contributed by atoms with Gasteiger partial charge in [-0.1, -0.05) is 0 Å². The number of amides is 1. The van der Waals surface area contributed by atoms with E-state index in [1.807, 2.05) is 0 Å². The number of carbonyl (C=O) groups is 1. The van der Waals surface area contributed by atoms with Crippen molar-refractivity contribution in [3.05, 3.63) is 33.9 Å². The van der Waals surface area contributed by atoms with Gasteiger partial charge in [0.15, 0.2) is 0 Å². The molecule has 1 aromatic rings. The summed E-state index contributed by atoms with van der Waals surface area (Å²) in [5, 5.41) is 13.8. The first-order valence-corrected chi connectivity index (χ1v) is 6.77. The standard InChI is InChI=1S/C14H19N3O4/c1-9-3-6-11(17(19)20)7-12(9)21-8-14(16-2,13(15)18)10-4-5-10/h3,6-7,10,16H,4-5,8H2,1-2H3,(H2,15,18). The Balaban J connectivity index is 2.19. The van der Waals surface area contributed by atoms with Gasteiger partial charge in [-0.25, -0.2) is 0 Å². The molecule has 2 rings (SSSR count). The summed E-state index contributed by atoms with van der Waals surface area (Å²) in [5.41, 5.74) is 5.32. The monoisotopic (exact) mass is 293 g/mol. The molecule has 1 aliphatic rings. The number of carbonyl (C=O) groups excluding carboxylic acids is 1. The maximum atomic E-state index is 11.8. The molecule has 1 aliphatic carbocycles. The van der Waals surface area contributed by atoms with Crippen molar-refractivity contribution in [3.63, 3.8) is 0 Å². The minimum absolute atomic E-state index is 0.0452. The highest BCUT2D eigenvalue weighted by Crippen LogP contribution is 2.40. The maximum Gasteiger partial charge on any atom is 0.273 e. The van der Waals surface area contributed by atoms with Gasteiger partial charge in [0.25, 0.3) is 5.69 Å². The molecule has 1 fully saturated rings. The van der Waals surface area contributed by atoms with Gasteiger partial charge < -0.3 is 15.8 Å². The molecule has 21 heavy (non-hydrogen) atoms. The number of nitrogens with one attached hydrogen (secondary N) is 1. The third-order valence-corrected chi connectivity index (χ3v) is 4.00. The Bertz CT molecular complexity index is 571. The van der Waals surface area contributed by atoms with E-state index in [1.54, 1.807) is 20.0 Å². The zero-order chi connectivity index (χ0) is 15.6. The predicted molar refractivity (Wildman–Crippen MR) is 77.0 cm³/mol. The first-order valence-electron chi connectivity index (χ1n) is 6.77. The van der Waals surface area contributed by atoms with E-state index in [9.17, 15) is 14.9 Å².